The van der Waals surface area contributed by atoms with E-state index in [1.54, 1.807) is 172 Å². The molecular formula is C135H144. The van der Waals surface area contributed by atoms with Crippen LogP contribution in [0.3, 0.4) is 0 Å². The van der Waals surface area contributed by atoms with Crippen LogP contribution in [-0.4, -0.2) is 0 Å². The zero-order valence-corrected chi connectivity index (χ0v) is 83.8. The van der Waals surface area contributed by atoms with Crippen LogP contribution in [0.4, 0.5) is 0 Å². The molecule has 0 heterocycles. The van der Waals surface area contributed by atoms with Crippen molar-refractivity contribution in [3.63, 3.8) is 0 Å². The molecule has 684 valence electrons. The van der Waals surface area contributed by atoms with E-state index in [2.05, 4.69) is 277 Å². The first-order valence-electron chi connectivity index (χ1n) is 54.4. The third kappa shape index (κ3) is 13.0. The maximum absolute atomic E-state index is 2.57. The molecule has 0 aromatic heterocycles. The van der Waals surface area contributed by atoms with E-state index < -0.39 is 0 Å². The monoisotopic (exact) mass is 1770 g/mol. The molecule has 28 rings (SSSR count). The molecule has 0 saturated carbocycles. The standard InChI is InChI=1S/2C30H36.C29H26.C25H24.C21H22/c1-4-5-6-7-8-11-18-30-19-12-15-24-21(2)16-17-26(29(24)30)28-25-14-10-9-13-23(25)22(3)20-27(28)30;1-4-5-6-7-8-11-18-30-19-12-15-24-22(3)23-13-9-10-14-25(23)28(29(24)30)26-17-16-21(2)20-27(26)30;1-17-19-9-3-5-11-23(19)25-26-24-12-6-4-10-20(24)18(2)22-14-8-16-29(28(22)26)15-7-13-21(17)27(25)29;1-15-11-12-21-22-20-8-4-3-7-18(20)16(2)19-10-6-14-25(24(19)22)13-5-9-17(15)23(21)25;1-13-7-9-17-18-10-8-14(2)16-6-4-12-21(20(16)18)11-3-5-15(13)19(17)21/h2*9-10,13-14,16-17,20H,4-8,11-12,15,18-19H2,1-3H3;3-6,9-12H,7-8,13-16H2,1-2H3;3-4,7-8,11-12H,5-6,9-10,13-14H2,1-2H3;7-10H,3-6,11-12H2,1-2H3. The number of hydrogen-bond donors (Lipinski definition) is 0. The van der Waals surface area contributed by atoms with Crippen LogP contribution in [0.5, 0.6) is 0 Å². The van der Waals surface area contributed by atoms with E-state index in [4.69, 9.17) is 0 Å². The summed E-state index contributed by atoms with van der Waals surface area (Å²) < 4.78 is 0. The molecule has 135 heavy (non-hydrogen) atoms. The molecule has 3 spiro atoms. The van der Waals surface area contributed by atoms with Crippen molar-refractivity contribution >= 4 is 53.9 Å². The van der Waals surface area contributed by atoms with Gasteiger partial charge in [0.1, 0.15) is 0 Å². The van der Waals surface area contributed by atoms with Crippen molar-refractivity contribution in [2.45, 2.75) is 354 Å². The Hall–Kier alpha value is -10.4. The average Bonchev–Trinajstić information content (AvgIpc) is 1.50. The average molecular weight is 1770 g/mol. The van der Waals surface area contributed by atoms with Gasteiger partial charge in [-0.05, 0) is 496 Å². The third-order valence-corrected chi connectivity index (χ3v) is 38.4. The zero-order valence-electron chi connectivity index (χ0n) is 83.8. The van der Waals surface area contributed by atoms with Crippen molar-refractivity contribution in [2.75, 3.05) is 0 Å². The second-order valence-electron chi connectivity index (χ2n) is 45.2. The molecule has 0 fully saturated rings. The highest BCUT2D eigenvalue weighted by Crippen LogP contribution is 2.69. The lowest BCUT2D eigenvalue weighted by Gasteiger charge is -2.42. The maximum atomic E-state index is 2.57. The van der Waals surface area contributed by atoms with Gasteiger partial charge in [0.15, 0.2) is 0 Å². The number of aryl methyl sites for hydroxylation is 10. The highest BCUT2D eigenvalue weighted by atomic mass is 14.6. The van der Waals surface area contributed by atoms with E-state index in [9.17, 15) is 0 Å². The fourth-order valence-corrected chi connectivity index (χ4v) is 32.7. The summed E-state index contributed by atoms with van der Waals surface area (Å²) in [6.07, 6.45) is 50.9. The van der Waals surface area contributed by atoms with Gasteiger partial charge in [0.25, 0.3) is 0 Å². The van der Waals surface area contributed by atoms with Crippen molar-refractivity contribution in [1.82, 2.24) is 0 Å². The molecule has 13 aliphatic rings. The largest absolute Gasteiger partial charge is 0.0654 e. The van der Waals surface area contributed by atoms with Crippen LogP contribution < -0.4 is 0 Å². The fraction of sp³-hybridized carbons (Fsp3) is 0.407. The van der Waals surface area contributed by atoms with Crippen LogP contribution in [-0.2, 0) is 78.4 Å². The van der Waals surface area contributed by atoms with Crippen molar-refractivity contribution in [3.05, 3.63) is 350 Å². The summed E-state index contributed by atoms with van der Waals surface area (Å²) >= 11 is 0. The van der Waals surface area contributed by atoms with Gasteiger partial charge in [0.2, 0.25) is 0 Å². The van der Waals surface area contributed by atoms with Gasteiger partial charge in [-0.2, -0.15) is 0 Å². The molecule has 3 atom stereocenters. The Morgan fingerprint density at radius 2 is 0.496 bits per heavy atom. The summed E-state index contributed by atoms with van der Waals surface area (Å²) in [4.78, 5) is 0. The van der Waals surface area contributed by atoms with E-state index in [1.165, 1.54) is 337 Å². The Morgan fingerprint density at radius 1 is 0.207 bits per heavy atom. The molecule has 3 unspecified atom stereocenters. The van der Waals surface area contributed by atoms with Gasteiger partial charge in [-0.3, -0.25) is 0 Å². The normalized spacial score (nSPS) is 19.8. The van der Waals surface area contributed by atoms with Crippen LogP contribution in [0.15, 0.2) is 194 Å². The van der Waals surface area contributed by atoms with Gasteiger partial charge in [0, 0.05) is 27.1 Å². The minimum Gasteiger partial charge on any atom is -0.0654 e. The van der Waals surface area contributed by atoms with Crippen molar-refractivity contribution in [2.24, 2.45) is 0 Å². The minimum atomic E-state index is 0.254. The summed E-state index contributed by atoms with van der Waals surface area (Å²) in [5.74, 6) is 0. The molecule has 0 radical (unpaired) electrons. The van der Waals surface area contributed by atoms with Crippen LogP contribution in [0.25, 0.3) is 109 Å². The number of unbranched alkanes of at least 4 members (excludes halogenated alkanes) is 10. The number of hydrogen-bond acceptors (Lipinski definition) is 0. The molecule has 0 bridgehead atoms. The maximum Gasteiger partial charge on any atom is 0.0221 e. The topological polar surface area (TPSA) is 0 Å². The van der Waals surface area contributed by atoms with Gasteiger partial charge in [-0.25, -0.2) is 0 Å². The summed E-state index contributed by atoms with van der Waals surface area (Å²) in [5.41, 5.74) is 62.8. The van der Waals surface area contributed by atoms with Gasteiger partial charge in [-0.1, -0.05) is 291 Å². The smallest absolute Gasteiger partial charge is 0.0221 e. The second-order valence-corrected chi connectivity index (χ2v) is 45.2. The molecule has 0 nitrogen and oxygen atoms in total. The predicted octanol–water partition coefficient (Wildman–Crippen LogP) is 36.8. The Morgan fingerprint density at radius 3 is 0.919 bits per heavy atom. The lowest BCUT2D eigenvalue weighted by Crippen LogP contribution is -2.34. The van der Waals surface area contributed by atoms with Crippen LogP contribution in [0.2, 0.25) is 0 Å². The Balaban J connectivity index is 0.0000000929. The van der Waals surface area contributed by atoms with E-state index in [1.807, 2.05) is 0 Å². The molecule has 0 heteroatoms. The molecule has 0 saturated heterocycles. The summed E-state index contributed by atoms with van der Waals surface area (Å²) in [5, 5.41) is 14.7. The van der Waals surface area contributed by atoms with Crippen molar-refractivity contribution in [1.29, 1.82) is 0 Å². The summed E-state index contributed by atoms with van der Waals surface area (Å²) in [7, 11) is 0. The Kier molecular flexibility index (Phi) is 22.0. The molecule has 13 aliphatic carbocycles. The van der Waals surface area contributed by atoms with Crippen LogP contribution in [0.1, 0.15) is 362 Å². The Labute approximate surface area is 807 Å². The molecule has 15 aromatic carbocycles. The molecule has 0 amide bonds. The van der Waals surface area contributed by atoms with E-state index in [0.29, 0.717) is 10.8 Å². The zero-order chi connectivity index (χ0) is 91.7. The minimum absolute atomic E-state index is 0.254. The number of rotatable bonds is 14. The number of benzene rings is 15. The molecular weight excluding hydrogens is 1620 g/mol. The first-order valence-corrected chi connectivity index (χ1v) is 54.4. The first kappa shape index (κ1) is 87.4. The molecule has 0 N–H and O–H groups in total. The predicted molar refractivity (Wildman–Crippen MR) is 578 cm³/mol. The SMILES string of the molecule is CCCCCCCCC12CCCc3c(C)ccc(c31)-c1c2cc(C)c2ccccc12.CCCCCCCCC12CCCc3c1c(c1ccccc1c3C)-c1ccc(C)cc12.Cc1c2c3c(c4ccccc14)-c1c4c(c(C)c5ccccc15)CCCC34CCC2.Cc1ccc2c3c1CCCC31CCCc3c(C)ccc-2c31.Cc1ccc2c3c1CCCC31CCCc3c1c-2c1ccccc1c3C. The van der Waals surface area contributed by atoms with Gasteiger partial charge in [-0.15, -0.1) is 0 Å². The summed E-state index contributed by atoms with van der Waals surface area (Å²) in [6.45, 7) is 28.0. The molecule has 15 aromatic rings. The van der Waals surface area contributed by atoms with Crippen molar-refractivity contribution in [3.8, 4) is 55.6 Å². The molecule has 0 aliphatic heterocycles. The van der Waals surface area contributed by atoms with Crippen LogP contribution in [0, 0.1) is 69.2 Å². The van der Waals surface area contributed by atoms with E-state index in [-0.39, 0.29) is 16.2 Å². The Bertz CT molecular complexity index is 7220. The fourth-order valence-electron chi connectivity index (χ4n) is 32.7. The first-order chi connectivity index (χ1) is 66.0. The van der Waals surface area contributed by atoms with E-state index >= 15 is 0 Å². The quantitative estimate of drug-likeness (QED) is 0.0952. The van der Waals surface area contributed by atoms with Crippen LogP contribution >= 0.6 is 0 Å². The lowest BCUT2D eigenvalue weighted by atomic mass is 9.61. The van der Waals surface area contributed by atoms with Gasteiger partial charge in [0.05, 0.1) is 0 Å². The van der Waals surface area contributed by atoms with E-state index in [0.717, 1.165) is 0 Å². The van der Waals surface area contributed by atoms with Gasteiger partial charge < -0.3 is 0 Å². The third-order valence-electron chi connectivity index (χ3n) is 38.4. The van der Waals surface area contributed by atoms with Crippen molar-refractivity contribution < 1.29 is 0 Å². The lowest BCUT2D eigenvalue weighted by molar-refractivity contribution is 0.376. The van der Waals surface area contributed by atoms with Gasteiger partial charge >= 0.3 is 0 Å². The second kappa shape index (κ2) is 34.0. The highest BCUT2D eigenvalue weighted by molar-refractivity contribution is 6.15. The number of fused-ring (bicyclic) bond motifs is 19. The highest BCUT2D eigenvalue weighted by Gasteiger charge is 2.55. The summed E-state index contributed by atoms with van der Waals surface area (Å²) in [6, 6.07) is 74.8.